The fourth-order valence-corrected chi connectivity index (χ4v) is 9.33. The third-order valence-corrected chi connectivity index (χ3v) is 12.2. The van der Waals surface area contributed by atoms with Crippen molar-refractivity contribution < 1.29 is 31.4 Å². The molecule has 0 heterocycles. The lowest BCUT2D eigenvalue weighted by Gasteiger charge is -2.54. The fraction of sp³-hybridized carbons (Fsp3) is 0.818. The molecule has 4 rings (SSSR count). The number of rotatable bonds is 14. The van der Waals surface area contributed by atoms with Gasteiger partial charge in [-0.15, -0.1) is 0 Å². The van der Waals surface area contributed by atoms with E-state index in [-0.39, 0.29) is 18.1 Å². The lowest BCUT2D eigenvalue weighted by atomic mass is 9.51. The van der Waals surface area contributed by atoms with Gasteiger partial charge in [0.2, 0.25) is 0 Å². The second-order valence-corrected chi connectivity index (χ2v) is 14.8. The Morgan fingerprint density at radius 3 is 2.40 bits per heavy atom. The number of benzene rings is 1. The van der Waals surface area contributed by atoms with Crippen molar-refractivity contribution in [1.29, 1.82) is 0 Å². The Morgan fingerprint density at radius 2 is 1.67 bits per heavy atom. The highest BCUT2D eigenvalue weighted by Crippen LogP contribution is 2.66. The molecule has 240 valence electrons. The molecule has 0 aliphatic heterocycles. The summed E-state index contributed by atoms with van der Waals surface area (Å²) in [6, 6.07) is 5.37. The lowest BCUT2D eigenvalue weighted by Crippen LogP contribution is -2.46. The van der Waals surface area contributed by atoms with Crippen LogP contribution in [0.25, 0.3) is 0 Å². The molecule has 0 saturated heterocycles. The van der Waals surface area contributed by atoms with Crippen LogP contribution in [-0.2, 0) is 0 Å². The highest BCUT2D eigenvalue weighted by molar-refractivity contribution is 7.99. The van der Waals surface area contributed by atoms with Gasteiger partial charge in [0.15, 0.2) is 0 Å². The van der Waals surface area contributed by atoms with Crippen LogP contribution in [0.4, 0.5) is 26.3 Å². The number of phenols is 1. The molecular formula is C33H49F6NOS. The van der Waals surface area contributed by atoms with E-state index in [1.807, 2.05) is 13.1 Å². The van der Waals surface area contributed by atoms with Gasteiger partial charge in [0.25, 0.3) is 0 Å². The molecule has 0 bridgehead atoms. The summed E-state index contributed by atoms with van der Waals surface area (Å²) < 4.78 is 78.9. The number of aromatic hydroxyl groups is 1. The zero-order valence-electron chi connectivity index (χ0n) is 25.4. The maximum atomic E-state index is 16.3. The molecule has 1 aromatic carbocycles. The summed E-state index contributed by atoms with van der Waals surface area (Å²) in [5.41, 5.74) is 2.13. The summed E-state index contributed by atoms with van der Waals surface area (Å²) >= 11 is 1.43. The molecule has 0 spiro atoms. The molecule has 7 atom stereocenters. The monoisotopic (exact) mass is 621 g/mol. The molecule has 3 aliphatic rings. The molecule has 0 amide bonds. The third kappa shape index (κ3) is 7.40. The molecule has 1 aromatic rings. The summed E-state index contributed by atoms with van der Waals surface area (Å²) in [7, 11) is 2.05. The summed E-state index contributed by atoms with van der Waals surface area (Å²) in [5, 5.41) is 10.1. The second kappa shape index (κ2) is 13.9. The van der Waals surface area contributed by atoms with Crippen molar-refractivity contribution in [2.75, 3.05) is 31.6 Å². The van der Waals surface area contributed by atoms with Crippen LogP contribution >= 0.6 is 11.8 Å². The first-order chi connectivity index (χ1) is 19.8. The first kappa shape index (κ1) is 33.8. The molecule has 2 fully saturated rings. The minimum Gasteiger partial charge on any atom is -0.508 e. The number of halogens is 6. The lowest BCUT2D eigenvalue weighted by molar-refractivity contribution is -0.284. The van der Waals surface area contributed by atoms with Gasteiger partial charge in [-0.25, -0.2) is 4.39 Å². The second-order valence-electron chi connectivity index (χ2n) is 13.6. The van der Waals surface area contributed by atoms with Gasteiger partial charge in [-0.2, -0.15) is 33.7 Å². The van der Waals surface area contributed by atoms with Gasteiger partial charge in [0.05, 0.1) is 0 Å². The quantitative estimate of drug-likeness (QED) is 0.165. The summed E-state index contributed by atoms with van der Waals surface area (Å²) in [6.07, 6.45) is 1.67. The van der Waals surface area contributed by atoms with Crippen LogP contribution in [0.15, 0.2) is 18.2 Å². The van der Waals surface area contributed by atoms with Gasteiger partial charge in [0, 0.05) is 6.42 Å². The van der Waals surface area contributed by atoms with Gasteiger partial charge >= 0.3 is 12.1 Å². The zero-order valence-corrected chi connectivity index (χ0v) is 26.2. The van der Waals surface area contributed by atoms with E-state index < -0.39 is 24.7 Å². The number of hydrogen-bond acceptors (Lipinski definition) is 3. The average Bonchev–Trinajstić information content (AvgIpc) is 3.22. The maximum Gasteiger partial charge on any atom is 0.453 e. The first-order valence-corrected chi connectivity index (χ1v) is 17.1. The smallest absolute Gasteiger partial charge is 0.453 e. The predicted octanol–water partition coefficient (Wildman–Crippen LogP) is 10.2. The molecule has 0 aromatic heterocycles. The summed E-state index contributed by atoms with van der Waals surface area (Å²) in [6.45, 7) is 6.60. The molecule has 9 heteroatoms. The number of alkyl halides is 6. The SMILES string of the molecule is CC1CCC2C3C(CCC12C)c1ccc(O)cc1C(F)[C@H]3CCCCCN(C)CCCSCCCC(F)(F)C(F)(F)F. The molecule has 2 saturated carbocycles. The van der Waals surface area contributed by atoms with Gasteiger partial charge in [0.1, 0.15) is 11.9 Å². The van der Waals surface area contributed by atoms with Crippen LogP contribution in [0.2, 0.25) is 0 Å². The Kier molecular flexibility index (Phi) is 11.2. The average molecular weight is 622 g/mol. The van der Waals surface area contributed by atoms with Gasteiger partial charge in [-0.05, 0) is 141 Å². The number of hydrogen-bond donors (Lipinski definition) is 1. The van der Waals surface area contributed by atoms with Crippen LogP contribution in [0.3, 0.4) is 0 Å². The topological polar surface area (TPSA) is 23.5 Å². The Labute approximate surface area is 252 Å². The van der Waals surface area contributed by atoms with E-state index in [0.29, 0.717) is 40.4 Å². The summed E-state index contributed by atoms with van der Waals surface area (Å²) in [5.74, 6) is -1.45. The van der Waals surface area contributed by atoms with Crippen LogP contribution in [0.1, 0.15) is 108 Å². The van der Waals surface area contributed by atoms with E-state index in [1.165, 1.54) is 31.0 Å². The van der Waals surface area contributed by atoms with Crippen LogP contribution in [0, 0.1) is 29.1 Å². The fourth-order valence-electron chi connectivity index (χ4n) is 8.45. The third-order valence-electron chi connectivity index (χ3n) is 11.0. The van der Waals surface area contributed by atoms with E-state index in [4.69, 9.17) is 0 Å². The van der Waals surface area contributed by atoms with Gasteiger partial charge < -0.3 is 10.0 Å². The zero-order chi connectivity index (χ0) is 30.7. The normalized spacial score (nSPS) is 31.2. The van der Waals surface area contributed by atoms with Crippen molar-refractivity contribution in [2.24, 2.45) is 29.1 Å². The Bertz CT molecular complexity index is 1020. The maximum absolute atomic E-state index is 16.3. The van der Waals surface area contributed by atoms with E-state index in [0.717, 1.165) is 62.9 Å². The van der Waals surface area contributed by atoms with Gasteiger partial charge in [-0.3, -0.25) is 0 Å². The minimum atomic E-state index is -5.46. The first-order valence-electron chi connectivity index (χ1n) is 15.9. The van der Waals surface area contributed by atoms with Crippen molar-refractivity contribution in [2.45, 2.75) is 109 Å². The number of phenolic OH excluding ortho intramolecular Hbond substituents is 1. The van der Waals surface area contributed by atoms with Crippen molar-refractivity contribution in [3.8, 4) is 5.75 Å². The van der Waals surface area contributed by atoms with Crippen LogP contribution < -0.4 is 0 Å². The molecule has 3 aliphatic carbocycles. The van der Waals surface area contributed by atoms with E-state index >= 15 is 4.39 Å². The molecule has 1 N–H and O–H groups in total. The molecular weight excluding hydrogens is 572 g/mol. The van der Waals surface area contributed by atoms with E-state index in [2.05, 4.69) is 18.7 Å². The number of unbranched alkanes of at least 4 members (excludes halogenated alkanes) is 2. The van der Waals surface area contributed by atoms with Crippen molar-refractivity contribution in [1.82, 2.24) is 4.90 Å². The van der Waals surface area contributed by atoms with E-state index in [1.54, 1.807) is 12.1 Å². The molecule has 6 unspecified atom stereocenters. The minimum absolute atomic E-state index is 0.00920. The summed E-state index contributed by atoms with van der Waals surface area (Å²) in [4.78, 5) is 2.23. The molecule has 2 nitrogen and oxygen atoms in total. The van der Waals surface area contributed by atoms with Crippen LogP contribution in [0.5, 0.6) is 5.75 Å². The number of fused-ring (bicyclic) bond motifs is 5. The Morgan fingerprint density at radius 1 is 0.952 bits per heavy atom. The number of nitrogens with zero attached hydrogens (tertiary/aromatic N) is 1. The van der Waals surface area contributed by atoms with Crippen molar-refractivity contribution >= 4 is 11.8 Å². The van der Waals surface area contributed by atoms with Crippen molar-refractivity contribution in [3.63, 3.8) is 0 Å². The predicted molar refractivity (Wildman–Crippen MR) is 159 cm³/mol. The molecule has 0 radical (unpaired) electrons. The van der Waals surface area contributed by atoms with Crippen molar-refractivity contribution in [3.05, 3.63) is 29.3 Å². The standard InChI is InChI=1S/C33H49F6NOS/c1-22-10-13-28-29-25(14-16-31(22,28)2)24-12-11-23(41)21-27(24)30(34)26(29)9-5-4-6-17-40(3)18-8-20-42-19-7-15-32(35,36)33(37,38)39/h11-12,21-22,25-26,28-30,41H,4-10,13-20H2,1-3H3/t22?,25?,26-,28?,29?,30?,31?/m0/s1. The molecule has 42 heavy (non-hydrogen) atoms. The van der Waals surface area contributed by atoms with Crippen LogP contribution in [-0.4, -0.2) is 53.7 Å². The largest absolute Gasteiger partial charge is 0.508 e. The highest BCUT2D eigenvalue weighted by Gasteiger charge is 2.58. The van der Waals surface area contributed by atoms with Gasteiger partial charge in [-0.1, -0.05) is 32.8 Å². The highest BCUT2D eigenvalue weighted by atomic mass is 32.2. The van der Waals surface area contributed by atoms with E-state index in [9.17, 15) is 27.1 Å². The Hall–Kier alpha value is -1.09. The Balaban J connectivity index is 1.20. The number of thioether (sulfide) groups is 1.